The van der Waals surface area contributed by atoms with Gasteiger partial charge in [-0.3, -0.25) is 0 Å². The molecule has 0 atom stereocenters. The lowest BCUT2D eigenvalue weighted by molar-refractivity contribution is -0.672. The molecule has 0 saturated carbocycles. The Bertz CT molecular complexity index is 429. The maximum atomic E-state index is 2.40. The summed E-state index contributed by atoms with van der Waals surface area (Å²) in [5.41, 5.74) is 2.74. The minimum atomic E-state index is 1.14. The standard InChI is InChI=1S/C15H23N2/c1-3-5-11-16-13-17(12-6-4-2)15-10-8-7-9-14(15)16/h7-10,13H,3-6,11-12H2,1-2H3/q+1. The van der Waals surface area contributed by atoms with E-state index in [1.165, 1.54) is 36.7 Å². The number of para-hydroxylation sites is 2. The highest BCUT2D eigenvalue weighted by Gasteiger charge is 2.13. The molecule has 0 bridgehead atoms. The summed E-state index contributed by atoms with van der Waals surface area (Å²) in [6.07, 6.45) is 7.30. The number of fused-ring (bicyclic) bond motifs is 1. The molecule has 0 aliphatic carbocycles. The van der Waals surface area contributed by atoms with E-state index in [9.17, 15) is 0 Å². The second kappa shape index (κ2) is 5.85. The van der Waals surface area contributed by atoms with Crippen LogP contribution < -0.4 is 4.57 Å². The van der Waals surface area contributed by atoms with Gasteiger partial charge in [0, 0.05) is 0 Å². The average Bonchev–Trinajstić information content (AvgIpc) is 2.72. The molecule has 2 nitrogen and oxygen atoms in total. The van der Waals surface area contributed by atoms with Crippen LogP contribution in [0.1, 0.15) is 39.5 Å². The van der Waals surface area contributed by atoms with Crippen LogP contribution >= 0.6 is 0 Å². The molecule has 0 fully saturated rings. The van der Waals surface area contributed by atoms with Crippen LogP contribution in [0.3, 0.4) is 0 Å². The molecular formula is C15H23N2+. The molecule has 1 aromatic carbocycles. The predicted molar refractivity (Wildman–Crippen MR) is 71.9 cm³/mol. The van der Waals surface area contributed by atoms with E-state index in [-0.39, 0.29) is 0 Å². The van der Waals surface area contributed by atoms with Gasteiger partial charge in [0.25, 0.3) is 0 Å². The molecule has 0 radical (unpaired) electrons. The maximum Gasteiger partial charge on any atom is 0.244 e. The zero-order valence-electron chi connectivity index (χ0n) is 11.0. The van der Waals surface area contributed by atoms with Crippen LogP contribution in [0.4, 0.5) is 0 Å². The number of aromatic nitrogens is 2. The third-order valence-electron chi connectivity index (χ3n) is 3.28. The number of benzene rings is 1. The first-order valence-electron chi connectivity index (χ1n) is 6.84. The van der Waals surface area contributed by atoms with Gasteiger partial charge in [-0.1, -0.05) is 38.8 Å². The molecule has 92 valence electrons. The second-order valence-electron chi connectivity index (χ2n) is 4.70. The van der Waals surface area contributed by atoms with Gasteiger partial charge in [0.05, 0.1) is 13.1 Å². The fourth-order valence-electron chi connectivity index (χ4n) is 2.26. The Labute approximate surface area is 104 Å². The van der Waals surface area contributed by atoms with Crippen molar-refractivity contribution in [1.29, 1.82) is 0 Å². The Balaban J connectivity index is 2.32. The summed E-state index contributed by atoms with van der Waals surface area (Å²) in [5.74, 6) is 0. The Hall–Kier alpha value is -1.31. The number of aryl methyl sites for hydroxylation is 2. The van der Waals surface area contributed by atoms with Gasteiger partial charge in [0.2, 0.25) is 6.33 Å². The summed E-state index contributed by atoms with van der Waals surface area (Å²) in [5, 5.41) is 0. The highest BCUT2D eigenvalue weighted by atomic mass is 15.1. The highest BCUT2D eigenvalue weighted by Crippen LogP contribution is 2.12. The van der Waals surface area contributed by atoms with E-state index in [1.807, 2.05) is 0 Å². The first kappa shape index (κ1) is 12.2. The van der Waals surface area contributed by atoms with Crippen LogP contribution in [0.25, 0.3) is 11.0 Å². The number of nitrogens with zero attached hydrogens (tertiary/aromatic N) is 2. The predicted octanol–water partition coefficient (Wildman–Crippen LogP) is 3.53. The lowest BCUT2D eigenvalue weighted by atomic mass is 10.3. The Kier molecular flexibility index (Phi) is 4.18. The Morgan fingerprint density at radius 3 is 2.59 bits per heavy atom. The molecular weight excluding hydrogens is 208 g/mol. The number of hydrogen-bond acceptors (Lipinski definition) is 0. The SMILES string of the molecule is CCCCn1c[n+](CCCC)c2ccccc21. The van der Waals surface area contributed by atoms with E-state index >= 15 is 0 Å². The van der Waals surface area contributed by atoms with Crippen LogP contribution in [0.15, 0.2) is 30.6 Å². The minimum Gasteiger partial charge on any atom is -0.230 e. The molecule has 2 heteroatoms. The van der Waals surface area contributed by atoms with E-state index in [0.29, 0.717) is 0 Å². The van der Waals surface area contributed by atoms with Crippen molar-refractivity contribution in [2.75, 3.05) is 0 Å². The third-order valence-corrected chi connectivity index (χ3v) is 3.28. The fraction of sp³-hybridized carbons (Fsp3) is 0.533. The normalized spacial score (nSPS) is 11.2. The van der Waals surface area contributed by atoms with Crippen LogP contribution in [0.5, 0.6) is 0 Å². The summed E-state index contributed by atoms with van der Waals surface area (Å²) in [7, 11) is 0. The number of hydrogen-bond donors (Lipinski definition) is 0. The maximum absolute atomic E-state index is 2.40. The molecule has 1 heterocycles. The van der Waals surface area contributed by atoms with Gasteiger partial charge in [0.15, 0.2) is 11.0 Å². The molecule has 17 heavy (non-hydrogen) atoms. The molecule has 0 spiro atoms. The Morgan fingerprint density at radius 1 is 1.06 bits per heavy atom. The van der Waals surface area contributed by atoms with Crippen molar-refractivity contribution in [2.45, 2.75) is 52.6 Å². The topological polar surface area (TPSA) is 8.81 Å². The summed E-state index contributed by atoms with van der Waals surface area (Å²) in [4.78, 5) is 0. The fourth-order valence-corrected chi connectivity index (χ4v) is 2.26. The summed E-state index contributed by atoms with van der Waals surface area (Å²) in [6.45, 7) is 6.76. The lowest BCUT2D eigenvalue weighted by Crippen LogP contribution is -2.32. The molecule has 2 aromatic rings. The van der Waals surface area contributed by atoms with Crippen molar-refractivity contribution in [1.82, 2.24) is 4.57 Å². The van der Waals surface area contributed by atoms with E-state index < -0.39 is 0 Å². The van der Waals surface area contributed by atoms with Crippen LogP contribution in [0.2, 0.25) is 0 Å². The lowest BCUT2D eigenvalue weighted by Gasteiger charge is -1.94. The van der Waals surface area contributed by atoms with Gasteiger partial charge in [0.1, 0.15) is 0 Å². The smallest absolute Gasteiger partial charge is 0.230 e. The van der Waals surface area contributed by atoms with Gasteiger partial charge in [-0.25, -0.2) is 9.13 Å². The van der Waals surface area contributed by atoms with Gasteiger partial charge in [-0.05, 0) is 25.0 Å². The summed E-state index contributed by atoms with van der Waals surface area (Å²) in [6, 6.07) is 8.73. The van der Waals surface area contributed by atoms with Crippen molar-refractivity contribution < 1.29 is 4.57 Å². The van der Waals surface area contributed by atoms with Crippen molar-refractivity contribution in [3.05, 3.63) is 30.6 Å². The molecule has 0 saturated heterocycles. The molecule has 1 aromatic heterocycles. The van der Waals surface area contributed by atoms with E-state index in [1.54, 1.807) is 0 Å². The molecule has 2 rings (SSSR count). The largest absolute Gasteiger partial charge is 0.244 e. The zero-order chi connectivity index (χ0) is 12.1. The van der Waals surface area contributed by atoms with Crippen molar-refractivity contribution in [2.24, 2.45) is 0 Å². The number of unbranched alkanes of at least 4 members (excludes halogenated alkanes) is 2. The first-order valence-corrected chi connectivity index (χ1v) is 6.84. The first-order chi connectivity index (χ1) is 8.36. The van der Waals surface area contributed by atoms with Crippen molar-refractivity contribution >= 4 is 11.0 Å². The molecule has 0 aliphatic heterocycles. The molecule has 0 aliphatic rings. The summed E-state index contributed by atoms with van der Waals surface area (Å²) >= 11 is 0. The third kappa shape index (κ3) is 2.68. The number of imidazole rings is 1. The summed E-state index contributed by atoms with van der Waals surface area (Å²) < 4.78 is 4.79. The number of rotatable bonds is 6. The average molecular weight is 231 g/mol. The second-order valence-corrected chi connectivity index (χ2v) is 4.70. The van der Waals surface area contributed by atoms with Gasteiger partial charge in [-0.2, -0.15) is 0 Å². The van der Waals surface area contributed by atoms with Gasteiger partial charge < -0.3 is 0 Å². The van der Waals surface area contributed by atoms with Crippen molar-refractivity contribution in [3.8, 4) is 0 Å². The van der Waals surface area contributed by atoms with Gasteiger partial charge >= 0.3 is 0 Å². The monoisotopic (exact) mass is 231 g/mol. The van der Waals surface area contributed by atoms with E-state index in [0.717, 1.165) is 13.1 Å². The Morgan fingerprint density at radius 2 is 1.82 bits per heavy atom. The molecule has 0 unspecified atom stereocenters. The van der Waals surface area contributed by atoms with E-state index in [4.69, 9.17) is 0 Å². The van der Waals surface area contributed by atoms with E-state index in [2.05, 4.69) is 53.6 Å². The van der Waals surface area contributed by atoms with Crippen LogP contribution in [0, 0.1) is 0 Å². The molecule has 0 N–H and O–H groups in total. The zero-order valence-corrected chi connectivity index (χ0v) is 11.0. The minimum absolute atomic E-state index is 1.14. The van der Waals surface area contributed by atoms with Gasteiger partial charge in [-0.15, -0.1) is 0 Å². The highest BCUT2D eigenvalue weighted by molar-refractivity contribution is 5.71. The van der Waals surface area contributed by atoms with Crippen molar-refractivity contribution in [3.63, 3.8) is 0 Å². The quantitative estimate of drug-likeness (QED) is 0.673. The van der Waals surface area contributed by atoms with Crippen LogP contribution in [-0.2, 0) is 13.1 Å². The molecule has 0 amide bonds. The van der Waals surface area contributed by atoms with Crippen LogP contribution in [-0.4, -0.2) is 4.57 Å².